The number of likely N-dealkylation sites (tertiary alicyclic amines) is 1. The number of carbonyl (C=O) groups excluding carboxylic acids is 2. The highest BCUT2D eigenvalue weighted by Gasteiger charge is 2.28. The summed E-state index contributed by atoms with van der Waals surface area (Å²) in [5.41, 5.74) is 6.21. The zero-order chi connectivity index (χ0) is 16.4. The Labute approximate surface area is 140 Å². The van der Waals surface area contributed by atoms with Gasteiger partial charge in [-0.25, -0.2) is 9.78 Å². The van der Waals surface area contributed by atoms with Crippen LogP contribution in [0.2, 0.25) is 0 Å². The molecule has 1 aromatic heterocycles. The van der Waals surface area contributed by atoms with Crippen molar-refractivity contribution in [2.45, 2.75) is 51.0 Å². The number of amides is 3. The van der Waals surface area contributed by atoms with E-state index in [1.807, 2.05) is 12.3 Å². The minimum atomic E-state index is -0.291. The molecule has 126 valence electrons. The van der Waals surface area contributed by atoms with Gasteiger partial charge in [0.2, 0.25) is 5.91 Å². The molecule has 3 N–H and O–H groups in total. The Hall–Kier alpha value is -1.63. The smallest absolute Gasteiger partial charge is 0.317 e. The Bertz CT molecular complexity index is 584. The maximum absolute atomic E-state index is 12.4. The van der Waals surface area contributed by atoms with Crippen LogP contribution >= 0.6 is 11.3 Å². The van der Waals surface area contributed by atoms with Crippen LogP contribution in [0.3, 0.4) is 0 Å². The zero-order valence-electron chi connectivity index (χ0n) is 13.5. The standard InChI is InChI=1S/C16H24N4O2S/c1-10(13-9-23-15(19-13)12-4-5-12)18-16(22)20-6-2-3-11(8-20)7-14(17)21/h9-12H,2-8H2,1H3,(H2,17,21)(H,18,22)/t10-,11-/m0/s1. The average Bonchev–Trinajstić information content (AvgIpc) is 3.24. The van der Waals surface area contributed by atoms with Gasteiger partial charge in [0.05, 0.1) is 16.7 Å². The van der Waals surface area contributed by atoms with Gasteiger partial charge >= 0.3 is 6.03 Å². The first-order valence-corrected chi connectivity index (χ1v) is 9.20. The number of urea groups is 1. The van der Waals surface area contributed by atoms with Crippen LogP contribution in [0.4, 0.5) is 4.79 Å². The predicted octanol–water partition coefficient (Wildman–Crippen LogP) is 2.38. The van der Waals surface area contributed by atoms with Gasteiger partial charge in [-0.05, 0) is 38.5 Å². The molecule has 2 fully saturated rings. The van der Waals surface area contributed by atoms with Crippen LogP contribution in [0.5, 0.6) is 0 Å². The lowest BCUT2D eigenvalue weighted by atomic mass is 9.95. The van der Waals surface area contributed by atoms with Crippen LogP contribution in [0.1, 0.15) is 61.7 Å². The third-order valence-corrected chi connectivity index (χ3v) is 5.57. The highest BCUT2D eigenvalue weighted by atomic mass is 32.1. The van der Waals surface area contributed by atoms with E-state index >= 15 is 0 Å². The van der Waals surface area contributed by atoms with Gasteiger partial charge in [-0.1, -0.05) is 0 Å². The molecule has 0 aromatic carbocycles. The van der Waals surface area contributed by atoms with E-state index in [0.29, 0.717) is 18.9 Å². The number of piperidine rings is 1. The minimum Gasteiger partial charge on any atom is -0.370 e. The molecule has 0 spiro atoms. The van der Waals surface area contributed by atoms with E-state index in [4.69, 9.17) is 5.73 Å². The van der Waals surface area contributed by atoms with Crippen molar-refractivity contribution in [1.82, 2.24) is 15.2 Å². The second-order valence-corrected chi connectivity index (χ2v) is 7.57. The summed E-state index contributed by atoms with van der Waals surface area (Å²) in [6, 6.07) is -0.171. The van der Waals surface area contributed by atoms with Crippen molar-refractivity contribution in [3.63, 3.8) is 0 Å². The van der Waals surface area contributed by atoms with Crippen LogP contribution in [0.25, 0.3) is 0 Å². The zero-order valence-corrected chi connectivity index (χ0v) is 14.3. The van der Waals surface area contributed by atoms with Gasteiger partial charge in [-0.3, -0.25) is 4.79 Å². The largest absolute Gasteiger partial charge is 0.370 e. The maximum atomic E-state index is 12.4. The fraction of sp³-hybridized carbons (Fsp3) is 0.688. The molecule has 3 amide bonds. The second kappa shape index (κ2) is 6.86. The Balaban J connectivity index is 1.53. The van der Waals surface area contributed by atoms with Gasteiger partial charge in [0.15, 0.2) is 0 Å². The van der Waals surface area contributed by atoms with E-state index in [1.54, 1.807) is 16.2 Å². The molecule has 6 nitrogen and oxygen atoms in total. The first-order valence-electron chi connectivity index (χ1n) is 8.32. The van der Waals surface area contributed by atoms with E-state index < -0.39 is 0 Å². The van der Waals surface area contributed by atoms with Gasteiger partial charge in [-0.15, -0.1) is 11.3 Å². The van der Waals surface area contributed by atoms with Crippen molar-refractivity contribution >= 4 is 23.3 Å². The molecule has 0 bridgehead atoms. The summed E-state index contributed by atoms with van der Waals surface area (Å²) in [6.45, 7) is 3.30. The molecule has 0 unspecified atom stereocenters. The number of hydrogen-bond donors (Lipinski definition) is 2. The number of primary amides is 1. The van der Waals surface area contributed by atoms with Gasteiger partial charge in [0.1, 0.15) is 0 Å². The van der Waals surface area contributed by atoms with Crippen LogP contribution in [0.15, 0.2) is 5.38 Å². The maximum Gasteiger partial charge on any atom is 0.317 e. The van der Waals surface area contributed by atoms with Gasteiger partial charge in [0.25, 0.3) is 0 Å². The molecule has 1 aliphatic heterocycles. The van der Waals surface area contributed by atoms with Crippen LogP contribution < -0.4 is 11.1 Å². The lowest BCUT2D eigenvalue weighted by Gasteiger charge is -2.33. The predicted molar refractivity (Wildman–Crippen MR) is 89.1 cm³/mol. The average molecular weight is 336 g/mol. The normalized spacial score (nSPS) is 22.7. The van der Waals surface area contributed by atoms with E-state index in [0.717, 1.165) is 25.1 Å². The Morgan fingerprint density at radius 3 is 2.96 bits per heavy atom. The molecule has 2 atom stereocenters. The molecule has 1 saturated carbocycles. The quantitative estimate of drug-likeness (QED) is 0.865. The second-order valence-electron chi connectivity index (χ2n) is 6.68. The molecule has 2 heterocycles. The monoisotopic (exact) mass is 336 g/mol. The summed E-state index contributed by atoms with van der Waals surface area (Å²) in [7, 11) is 0. The SMILES string of the molecule is C[C@H](NC(=O)N1CCC[C@@H](CC(N)=O)C1)c1csc(C2CC2)n1. The number of aromatic nitrogens is 1. The number of rotatable bonds is 5. The highest BCUT2D eigenvalue weighted by Crippen LogP contribution is 2.41. The summed E-state index contributed by atoms with van der Waals surface area (Å²) in [6.07, 6.45) is 4.71. The lowest BCUT2D eigenvalue weighted by Crippen LogP contribution is -2.46. The molecule has 1 saturated heterocycles. The van der Waals surface area contributed by atoms with Crippen molar-refractivity contribution in [1.29, 1.82) is 0 Å². The molecule has 2 aliphatic rings. The number of nitrogens with one attached hydrogen (secondary N) is 1. The fourth-order valence-corrected chi connectivity index (χ4v) is 4.15. The van der Waals surface area contributed by atoms with E-state index in [2.05, 4.69) is 10.3 Å². The van der Waals surface area contributed by atoms with Gasteiger partial charge in [-0.2, -0.15) is 0 Å². The lowest BCUT2D eigenvalue weighted by molar-refractivity contribution is -0.119. The summed E-state index contributed by atoms with van der Waals surface area (Å²) < 4.78 is 0. The van der Waals surface area contributed by atoms with Crippen molar-refractivity contribution in [3.05, 3.63) is 16.1 Å². The molecular formula is C16H24N4O2S. The Morgan fingerprint density at radius 2 is 2.26 bits per heavy atom. The van der Waals surface area contributed by atoms with Gasteiger partial charge in [0, 0.05) is 30.8 Å². The molecular weight excluding hydrogens is 312 g/mol. The molecule has 0 radical (unpaired) electrons. The summed E-state index contributed by atoms with van der Waals surface area (Å²) in [5.74, 6) is 0.539. The van der Waals surface area contributed by atoms with E-state index in [9.17, 15) is 9.59 Å². The van der Waals surface area contributed by atoms with E-state index in [1.165, 1.54) is 17.8 Å². The first-order chi connectivity index (χ1) is 11.0. The van der Waals surface area contributed by atoms with Crippen molar-refractivity contribution in [3.8, 4) is 0 Å². The minimum absolute atomic E-state index is 0.0763. The van der Waals surface area contributed by atoms with Crippen LogP contribution in [-0.4, -0.2) is 34.9 Å². The summed E-state index contributed by atoms with van der Waals surface area (Å²) in [4.78, 5) is 29.9. The Kier molecular flexibility index (Phi) is 4.84. The molecule has 7 heteroatoms. The summed E-state index contributed by atoms with van der Waals surface area (Å²) in [5, 5.41) is 6.27. The number of nitrogens with two attached hydrogens (primary N) is 1. The van der Waals surface area contributed by atoms with Crippen molar-refractivity contribution < 1.29 is 9.59 Å². The fourth-order valence-electron chi connectivity index (χ4n) is 3.07. The van der Waals surface area contributed by atoms with Gasteiger partial charge < -0.3 is 16.0 Å². The van der Waals surface area contributed by atoms with E-state index in [-0.39, 0.29) is 23.9 Å². The molecule has 3 rings (SSSR count). The molecule has 1 aliphatic carbocycles. The summed E-state index contributed by atoms with van der Waals surface area (Å²) >= 11 is 1.69. The number of thiazole rings is 1. The topological polar surface area (TPSA) is 88.3 Å². The van der Waals surface area contributed by atoms with Crippen molar-refractivity contribution in [2.24, 2.45) is 11.7 Å². The van der Waals surface area contributed by atoms with Crippen LogP contribution in [0, 0.1) is 5.92 Å². The van der Waals surface area contributed by atoms with Crippen molar-refractivity contribution in [2.75, 3.05) is 13.1 Å². The molecule has 1 aromatic rings. The van der Waals surface area contributed by atoms with Crippen LogP contribution in [-0.2, 0) is 4.79 Å². The third-order valence-electron chi connectivity index (χ3n) is 4.55. The molecule has 23 heavy (non-hydrogen) atoms. The third kappa shape index (κ3) is 4.22. The number of carbonyl (C=O) groups is 2. The highest BCUT2D eigenvalue weighted by molar-refractivity contribution is 7.09. The first kappa shape index (κ1) is 16.2. The number of hydrogen-bond acceptors (Lipinski definition) is 4. The number of nitrogens with zero attached hydrogens (tertiary/aromatic N) is 2. The Morgan fingerprint density at radius 1 is 1.48 bits per heavy atom.